The maximum absolute atomic E-state index is 12.6. The quantitative estimate of drug-likeness (QED) is 0.308. The number of phenols is 1. The zero-order valence-corrected chi connectivity index (χ0v) is 20.2. The number of oxazole rings is 1. The van der Waals surface area contributed by atoms with Gasteiger partial charge < -0.3 is 24.1 Å². The van der Waals surface area contributed by atoms with E-state index in [0.717, 1.165) is 21.9 Å². The molecule has 0 aliphatic heterocycles. The summed E-state index contributed by atoms with van der Waals surface area (Å²) in [5.74, 6) is 0.710. The van der Waals surface area contributed by atoms with E-state index in [1.807, 2.05) is 37.3 Å². The van der Waals surface area contributed by atoms with Crippen molar-refractivity contribution in [3.63, 3.8) is 0 Å². The normalized spacial score (nSPS) is 10.6. The molecule has 190 valence electrons. The molecule has 9 nitrogen and oxygen atoms in total. The maximum atomic E-state index is 12.6. The zero-order valence-electron chi connectivity index (χ0n) is 20.2. The third kappa shape index (κ3) is 7.11. The van der Waals surface area contributed by atoms with Crippen LogP contribution >= 0.6 is 0 Å². The average Bonchev–Trinajstić information content (AvgIpc) is 3.24. The molecule has 4 rings (SSSR count). The lowest BCUT2D eigenvalue weighted by atomic mass is 10.2. The summed E-state index contributed by atoms with van der Waals surface area (Å²) in [5, 5.41) is 18.8. The smallest absolute Gasteiger partial charge is 0.416 e. The van der Waals surface area contributed by atoms with Gasteiger partial charge in [-0.25, -0.2) is 9.78 Å². The number of ether oxygens (including phenoxy) is 2. The topological polar surface area (TPSA) is 122 Å². The number of aliphatic carboxylic acids is 1. The third-order valence-corrected chi connectivity index (χ3v) is 5.40. The Hall–Kier alpha value is -4.79. The van der Waals surface area contributed by atoms with Crippen molar-refractivity contribution < 1.29 is 33.7 Å². The fraction of sp³-hybridized carbons (Fsp3) is 0.179. The lowest BCUT2D eigenvalue weighted by Crippen LogP contribution is -2.37. The highest BCUT2D eigenvalue weighted by Crippen LogP contribution is 2.23. The lowest BCUT2D eigenvalue weighted by molar-refractivity contribution is -0.138. The van der Waals surface area contributed by atoms with E-state index in [1.165, 1.54) is 24.3 Å². The van der Waals surface area contributed by atoms with E-state index in [0.29, 0.717) is 30.2 Å². The molecule has 4 aromatic rings. The van der Waals surface area contributed by atoms with E-state index in [2.05, 4.69) is 4.98 Å². The van der Waals surface area contributed by atoms with Gasteiger partial charge in [-0.2, -0.15) is 0 Å². The second-order valence-corrected chi connectivity index (χ2v) is 8.25. The minimum Gasteiger partial charge on any atom is -0.508 e. The Morgan fingerprint density at radius 2 is 1.73 bits per heavy atom. The highest BCUT2D eigenvalue weighted by atomic mass is 16.6. The van der Waals surface area contributed by atoms with Crippen LogP contribution in [0.2, 0.25) is 0 Å². The fourth-order valence-electron chi connectivity index (χ4n) is 3.64. The van der Waals surface area contributed by atoms with Gasteiger partial charge in [0.25, 0.3) is 0 Å². The number of carbonyl (C=O) groups is 2. The van der Waals surface area contributed by atoms with Gasteiger partial charge in [-0.3, -0.25) is 9.69 Å². The molecule has 0 saturated carbocycles. The van der Waals surface area contributed by atoms with Crippen LogP contribution < -0.4 is 9.47 Å². The molecule has 9 heteroatoms. The summed E-state index contributed by atoms with van der Waals surface area (Å²) in [7, 11) is 0. The predicted molar refractivity (Wildman–Crippen MR) is 134 cm³/mol. The Kier molecular flexibility index (Phi) is 8.05. The fourth-order valence-corrected chi connectivity index (χ4v) is 3.64. The number of carboxylic acid groups (broad SMARTS) is 1. The molecule has 1 aromatic heterocycles. The lowest BCUT2D eigenvalue weighted by Gasteiger charge is -2.20. The number of hydrogen-bond donors (Lipinski definition) is 2. The summed E-state index contributed by atoms with van der Waals surface area (Å²) in [5.41, 5.74) is 2.37. The van der Waals surface area contributed by atoms with Crippen molar-refractivity contribution in [1.29, 1.82) is 0 Å². The Bertz CT molecular complexity index is 1370. The number of rotatable bonds is 10. The second-order valence-electron chi connectivity index (χ2n) is 8.25. The Morgan fingerprint density at radius 1 is 0.973 bits per heavy atom. The number of amides is 1. The van der Waals surface area contributed by atoms with Crippen LogP contribution in [0.25, 0.3) is 11.5 Å². The molecule has 0 aliphatic rings. The number of phenolic OH excluding ortho intramolecular Hbond substituents is 1. The van der Waals surface area contributed by atoms with Crippen molar-refractivity contribution in [2.75, 3.05) is 13.2 Å². The number of benzene rings is 3. The third-order valence-electron chi connectivity index (χ3n) is 5.40. The summed E-state index contributed by atoms with van der Waals surface area (Å²) in [6, 6.07) is 22.4. The van der Waals surface area contributed by atoms with E-state index >= 15 is 0 Å². The van der Waals surface area contributed by atoms with Gasteiger partial charge in [0.15, 0.2) is 0 Å². The molecular weight excluding hydrogens is 476 g/mol. The van der Waals surface area contributed by atoms with Gasteiger partial charge in [0.1, 0.15) is 29.6 Å². The molecule has 0 radical (unpaired) electrons. The van der Waals surface area contributed by atoms with Crippen LogP contribution in [0.3, 0.4) is 0 Å². The molecule has 0 saturated heterocycles. The highest BCUT2D eigenvalue weighted by molar-refractivity contribution is 5.78. The van der Waals surface area contributed by atoms with Crippen LogP contribution in [0, 0.1) is 6.92 Å². The summed E-state index contributed by atoms with van der Waals surface area (Å²) in [4.78, 5) is 29.6. The van der Waals surface area contributed by atoms with Crippen molar-refractivity contribution in [3.05, 3.63) is 95.9 Å². The van der Waals surface area contributed by atoms with Crippen LogP contribution in [-0.4, -0.2) is 45.3 Å². The van der Waals surface area contributed by atoms with Gasteiger partial charge in [0, 0.05) is 24.6 Å². The van der Waals surface area contributed by atoms with Crippen molar-refractivity contribution in [3.8, 4) is 28.7 Å². The van der Waals surface area contributed by atoms with Crippen LogP contribution in [0.1, 0.15) is 17.0 Å². The van der Waals surface area contributed by atoms with Gasteiger partial charge in [0.2, 0.25) is 5.89 Å². The Labute approximate surface area is 213 Å². The summed E-state index contributed by atoms with van der Waals surface area (Å²) in [6.07, 6.45) is -0.316. The van der Waals surface area contributed by atoms with Crippen LogP contribution in [0.4, 0.5) is 4.79 Å². The minimum atomic E-state index is -1.18. The Morgan fingerprint density at radius 3 is 2.49 bits per heavy atom. The largest absolute Gasteiger partial charge is 0.508 e. The first-order chi connectivity index (χ1) is 17.9. The number of hydrogen-bond acceptors (Lipinski definition) is 7. The van der Waals surface area contributed by atoms with Crippen LogP contribution in [0.5, 0.6) is 17.2 Å². The van der Waals surface area contributed by atoms with Gasteiger partial charge >= 0.3 is 12.1 Å². The van der Waals surface area contributed by atoms with Gasteiger partial charge in [0.05, 0.1) is 12.3 Å². The average molecular weight is 503 g/mol. The molecule has 37 heavy (non-hydrogen) atoms. The first kappa shape index (κ1) is 25.3. The number of carboxylic acids is 1. The second kappa shape index (κ2) is 11.8. The molecule has 2 N–H and O–H groups in total. The van der Waals surface area contributed by atoms with E-state index < -0.39 is 18.6 Å². The zero-order chi connectivity index (χ0) is 26.2. The predicted octanol–water partition coefficient (Wildman–Crippen LogP) is 5.06. The number of nitrogens with zero attached hydrogens (tertiary/aromatic N) is 2. The minimum absolute atomic E-state index is 0.00994. The molecule has 1 heterocycles. The molecule has 0 spiro atoms. The van der Waals surface area contributed by atoms with E-state index in [9.17, 15) is 19.8 Å². The first-order valence-corrected chi connectivity index (χ1v) is 11.6. The maximum Gasteiger partial charge on any atom is 0.416 e. The van der Waals surface area contributed by atoms with Crippen molar-refractivity contribution in [2.24, 2.45) is 0 Å². The van der Waals surface area contributed by atoms with Crippen LogP contribution in [0.15, 0.2) is 83.3 Å². The Balaban J connectivity index is 1.37. The SMILES string of the molecule is Cc1oc(-c2ccccc2)nc1CCOc1cccc(CN(CC(=O)O)C(=O)Oc2cccc(O)c2)c1. The van der Waals surface area contributed by atoms with Gasteiger partial charge in [-0.05, 0) is 48.9 Å². The van der Waals surface area contributed by atoms with E-state index in [-0.39, 0.29) is 18.0 Å². The van der Waals surface area contributed by atoms with E-state index in [1.54, 1.807) is 24.3 Å². The molecule has 3 aromatic carbocycles. The molecule has 0 aliphatic carbocycles. The highest BCUT2D eigenvalue weighted by Gasteiger charge is 2.20. The standard InChI is InChI=1S/C28H26N2O7/c1-19-25(29-27(36-19)21-8-3-2-4-9-21)13-14-35-23-11-5-7-20(15-23)17-30(18-26(32)33)28(34)37-24-12-6-10-22(31)16-24/h2-12,15-16,31H,13-14,17-18H2,1H3,(H,32,33). The number of aromatic nitrogens is 1. The molecule has 0 bridgehead atoms. The summed E-state index contributed by atoms with van der Waals surface area (Å²) >= 11 is 0. The monoisotopic (exact) mass is 502 g/mol. The molecule has 0 atom stereocenters. The molecular formula is C28H26N2O7. The molecule has 0 fully saturated rings. The van der Waals surface area contributed by atoms with Crippen molar-refractivity contribution >= 4 is 12.1 Å². The first-order valence-electron chi connectivity index (χ1n) is 11.6. The van der Waals surface area contributed by atoms with Crippen LogP contribution in [-0.2, 0) is 17.8 Å². The summed E-state index contributed by atoms with van der Waals surface area (Å²) in [6.45, 7) is 1.65. The van der Waals surface area contributed by atoms with E-state index in [4.69, 9.17) is 13.9 Å². The number of aryl methyl sites for hydroxylation is 1. The van der Waals surface area contributed by atoms with Crippen molar-refractivity contribution in [2.45, 2.75) is 19.9 Å². The number of aromatic hydroxyl groups is 1. The van der Waals surface area contributed by atoms with Gasteiger partial charge in [-0.15, -0.1) is 0 Å². The molecule has 1 amide bonds. The molecule has 0 unspecified atom stereocenters. The van der Waals surface area contributed by atoms with Gasteiger partial charge in [-0.1, -0.05) is 36.4 Å². The summed E-state index contributed by atoms with van der Waals surface area (Å²) < 4.78 is 16.9. The van der Waals surface area contributed by atoms with Crippen molar-refractivity contribution in [1.82, 2.24) is 9.88 Å². The number of carbonyl (C=O) groups excluding carboxylic acids is 1.